The normalized spacial score (nSPS) is 10.6. The number of nitrogens with one attached hydrogen (secondary N) is 1. The van der Waals surface area contributed by atoms with Crippen LogP contribution in [0.25, 0.3) is 5.65 Å². The Kier molecular flexibility index (Phi) is 1.60. The van der Waals surface area contributed by atoms with Crippen LogP contribution in [0.2, 0.25) is 0 Å². The highest BCUT2D eigenvalue weighted by Gasteiger charge is 2.16. The van der Waals surface area contributed by atoms with Crippen LogP contribution in [0.15, 0.2) is 17.1 Å². The fourth-order valence-corrected chi connectivity index (χ4v) is 1.22. The van der Waals surface area contributed by atoms with E-state index in [4.69, 9.17) is 0 Å². The third-order valence-electron chi connectivity index (χ3n) is 1.80. The van der Waals surface area contributed by atoms with E-state index in [0.29, 0.717) is 5.69 Å². The van der Waals surface area contributed by atoms with Crippen molar-refractivity contribution in [3.8, 4) is 0 Å². The lowest BCUT2D eigenvalue weighted by Crippen LogP contribution is -2.14. The maximum atomic E-state index is 11.3. The van der Waals surface area contributed by atoms with Gasteiger partial charge in [-0.25, -0.2) is 4.98 Å². The van der Waals surface area contributed by atoms with Crippen LogP contribution >= 0.6 is 0 Å². The number of nitrogens with zero attached hydrogens (tertiary/aromatic N) is 3. The summed E-state index contributed by atoms with van der Waals surface area (Å²) in [5, 5.41) is 13.0. The van der Waals surface area contributed by atoms with Gasteiger partial charge < -0.3 is 0 Å². The number of H-pyrrole nitrogens is 1. The number of hydrogen-bond acceptors (Lipinski definition) is 4. The van der Waals surface area contributed by atoms with E-state index in [9.17, 15) is 14.9 Å². The van der Waals surface area contributed by atoms with Crippen molar-refractivity contribution in [2.45, 2.75) is 6.92 Å². The molecule has 72 valence electrons. The Balaban J connectivity index is 2.92. The van der Waals surface area contributed by atoms with E-state index in [1.54, 1.807) is 6.92 Å². The van der Waals surface area contributed by atoms with Crippen molar-refractivity contribution in [2.75, 3.05) is 0 Å². The highest BCUT2D eigenvalue weighted by atomic mass is 16.6. The molecule has 0 saturated carbocycles. The summed E-state index contributed by atoms with van der Waals surface area (Å²) in [6.07, 6.45) is 1.14. The summed E-state index contributed by atoms with van der Waals surface area (Å²) >= 11 is 0. The number of aryl methyl sites for hydroxylation is 1. The molecule has 1 N–H and O–H groups in total. The van der Waals surface area contributed by atoms with Gasteiger partial charge >= 0.3 is 5.69 Å². The van der Waals surface area contributed by atoms with E-state index in [0.717, 1.165) is 10.7 Å². The Morgan fingerprint density at radius 1 is 1.64 bits per heavy atom. The van der Waals surface area contributed by atoms with Crippen LogP contribution in [-0.4, -0.2) is 19.5 Å². The largest absolute Gasteiger partial charge is 0.331 e. The molecule has 0 aliphatic rings. The molecule has 0 amide bonds. The van der Waals surface area contributed by atoms with Gasteiger partial charge in [-0.15, -0.1) is 0 Å². The lowest BCUT2D eigenvalue weighted by Gasteiger charge is -1.92. The molecule has 0 aliphatic carbocycles. The zero-order chi connectivity index (χ0) is 10.3. The molecule has 2 heterocycles. The maximum absolute atomic E-state index is 11.3. The molecule has 0 saturated heterocycles. The van der Waals surface area contributed by atoms with Crippen molar-refractivity contribution in [3.63, 3.8) is 0 Å². The average molecular weight is 194 g/mol. The minimum atomic E-state index is -0.586. The van der Waals surface area contributed by atoms with Crippen molar-refractivity contribution >= 4 is 11.3 Å². The van der Waals surface area contributed by atoms with E-state index < -0.39 is 4.92 Å². The number of nitro groups is 1. The third-order valence-corrected chi connectivity index (χ3v) is 1.80. The van der Waals surface area contributed by atoms with E-state index in [-0.39, 0.29) is 16.9 Å². The fourth-order valence-electron chi connectivity index (χ4n) is 1.22. The monoisotopic (exact) mass is 194 g/mol. The number of aromatic nitrogens is 3. The SMILES string of the molecule is Cc1cc(=O)n2[nH]cc([N+](=O)[O-])c2n1. The molecule has 0 spiro atoms. The molecular weight excluding hydrogens is 188 g/mol. The molecule has 7 heteroatoms. The molecule has 14 heavy (non-hydrogen) atoms. The number of fused-ring (bicyclic) bond motifs is 1. The summed E-state index contributed by atoms with van der Waals surface area (Å²) < 4.78 is 1.03. The Labute approximate surface area is 77.1 Å². The molecule has 7 nitrogen and oxygen atoms in total. The van der Waals surface area contributed by atoms with Crippen LogP contribution in [0.1, 0.15) is 5.69 Å². The number of aromatic amines is 1. The Hall–Kier alpha value is -2.18. The van der Waals surface area contributed by atoms with Crippen LogP contribution in [0.4, 0.5) is 5.69 Å². The van der Waals surface area contributed by atoms with Crippen LogP contribution in [0, 0.1) is 17.0 Å². The van der Waals surface area contributed by atoms with E-state index in [1.807, 2.05) is 0 Å². The Morgan fingerprint density at radius 2 is 2.36 bits per heavy atom. The standard InChI is InChI=1S/C7H6N4O3/c1-4-2-6(12)10-7(9-4)5(3-8-10)11(13)14/h2-3,8H,1H3. The molecule has 0 atom stereocenters. The third kappa shape index (κ3) is 1.06. The first-order chi connectivity index (χ1) is 6.59. The van der Waals surface area contributed by atoms with Crippen LogP contribution in [0.5, 0.6) is 0 Å². The summed E-state index contributed by atoms with van der Waals surface area (Å²) in [5.41, 5.74) is -0.0656. The van der Waals surface area contributed by atoms with Crippen LogP contribution in [0.3, 0.4) is 0 Å². The number of rotatable bonds is 1. The summed E-state index contributed by atoms with van der Waals surface area (Å²) in [7, 11) is 0. The smallest absolute Gasteiger partial charge is 0.290 e. The summed E-state index contributed by atoms with van der Waals surface area (Å²) in [6, 6.07) is 1.30. The minimum Gasteiger partial charge on any atom is -0.290 e. The summed E-state index contributed by atoms with van der Waals surface area (Å²) in [6.45, 7) is 1.61. The van der Waals surface area contributed by atoms with E-state index >= 15 is 0 Å². The first-order valence-corrected chi connectivity index (χ1v) is 3.82. The van der Waals surface area contributed by atoms with Crippen molar-refractivity contribution < 1.29 is 4.92 Å². The Bertz CT molecular complexity index is 568. The molecule has 0 fully saturated rings. The van der Waals surface area contributed by atoms with Gasteiger partial charge in [-0.2, -0.15) is 4.52 Å². The molecule has 0 radical (unpaired) electrons. The molecule has 0 aliphatic heterocycles. The van der Waals surface area contributed by atoms with Gasteiger partial charge in [0.05, 0.1) is 4.92 Å². The molecule has 0 unspecified atom stereocenters. The van der Waals surface area contributed by atoms with Crippen molar-refractivity contribution in [1.82, 2.24) is 14.6 Å². The lowest BCUT2D eigenvalue weighted by molar-refractivity contribution is -0.383. The number of hydrogen-bond donors (Lipinski definition) is 1. The first kappa shape index (κ1) is 8.42. The zero-order valence-corrected chi connectivity index (χ0v) is 7.22. The predicted molar refractivity (Wildman–Crippen MR) is 47.2 cm³/mol. The quantitative estimate of drug-likeness (QED) is 0.519. The summed E-state index contributed by atoms with van der Waals surface area (Å²) in [5.74, 6) is 0. The predicted octanol–water partition coefficient (Wildman–Crippen LogP) is 0.239. The molecule has 0 aromatic carbocycles. The first-order valence-electron chi connectivity index (χ1n) is 3.82. The van der Waals surface area contributed by atoms with E-state index in [1.165, 1.54) is 6.07 Å². The van der Waals surface area contributed by atoms with Gasteiger partial charge in [-0.1, -0.05) is 0 Å². The minimum absolute atomic E-state index is 0.0417. The average Bonchev–Trinajstić information content (AvgIpc) is 2.47. The topological polar surface area (TPSA) is 93.3 Å². The van der Waals surface area contributed by atoms with Gasteiger partial charge in [0.15, 0.2) is 0 Å². The van der Waals surface area contributed by atoms with Crippen molar-refractivity contribution in [1.29, 1.82) is 0 Å². The van der Waals surface area contributed by atoms with Gasteiger partial charge in [0.25, 0.3) is 5.56 Å². The fraction of sp³-hybridized carbons (Fsp3) is 0.143. The second kappa shape index (κ2) is 2.66. The van der Waals surface area contributed by atoms with Crippen LogP contribution in [-0.2, 0) is 0 Å². The molecule has 2 rings (SSSR count). The van der Waals surface area contributed by atoms with Crippen LogP contribution < -0.4 is 5.56 Å². The summed E-state index contributed by atoms with van der Waals surface area (Å²) in [4.78, 5) is 25.2. The molecular formula is C7H6N4O3. The Morgan fingerprint density at radius 3 is 3.00 bits per heavy atom. The highest BCUT2D eigenvalue weighted by Crippen LogP contribution is 2.14. The van der Waals surface area contributed by atoms with Gasteiger partial charge in [0.2, 0.25) is 5.65 Å². The van der Waals surface area contributed by atoms with Gasteiger partial charge in [-0.3, -0.25) is 20.0 Å². The van der Waals surface area contributed by atoms with Crippen molar-refractivity contribution in [2.24, 2.45) is 0 Å². The van der Waals surface area contributed by atoms with Crippen molar-refractivity contribution in [3.05, 3.63) is 38.4 Å². The van der Waals surface area contributed by atoms with E-state index in [2.05, 4.69) is 10.1 Å². The second-order valence-electron chi connectivity index (χ2n) is 2.81. The van der Waals surface area contributed by atoms with Gasteiger partial charge in [0, 0.05) is 11.8 Å². The lowest BCUT2D eigenvalue weighted by atomic mass is 10.4. The molecule has 0 bridgehead atoms. The molecule has 2 aromatic heterocycles. The van der Waals surface area contributed by atoms with Gasteiger partial charge in [0.1, 0.15) is 6.20 Å². The second-order valence-corrected chi connectivity index (χ2v) is 2.81. The van der Waals surface area contributed by atoms with Gasteiger partial charge in [-0.05, 0) is 6.92 Å². The molecule has 2 aromatic rings. The zero-order valence-electron chi connectivity index (χ0n) is 7.22. The highest BCUT2D eigenvalue weighted by molar-refractivity contribution is 5.57. The maximum Gasteiger partial charge on any atom is 0.331 e.